The van der Waals surface area contributed by atoms with E-state index < -0.39 is 0 Å². The molecule has 18 heavy (non-hydrogen) atoms. The predicted octanol–water partition coefficient (Wildman–Crippen LogP) is 2.56. The van der Waals surface area contributed by atoms with E-state index in [-0.39, 0.29) is 6.10 Å². The van der Waals surface area contributed by atoms with Gasteiger partial charge in [0.15, 0.2) is 11.5 Å². The van der Waals surface area contributed by atoms with E-state index in [2.05, 4.69) is 11.8 Å². The van der Waals surface area contributed by atoms with Gasteiger partial charge < -0.3 is 9.47 Å². The molecule has 98 valence electrons. The van der Waals surface area contributed by atoms with Crippen LogP contribution in [0.3, 0.4) is 0 Å². The van der Waals surface area contributed by atoms with Crippen LogP contribution in [-0.4, -0.2) is 37.2 Å². The van der Waals surface area contributed by atoms with E-state index in [4.69, 9.17) is 9.47 Å². The van der Waals surface area contributed by atoms with Gasteiger partial charge in [0.2, 0.25) is 0 Å². The third kappa shape index (κ3) is 2.61. The molecule has 3 nitrogen and oxygen atoms in total. The largest absolute Gasteiger partial charge is 0.486 e. The standard InChI is InChI=1S/C15H21NO2/c1-12-6-8-16(9-7-12)10-13-11-17-14-4-2-3-5-15(14)18-13/h2-5,12-13H,6-11H2,1H3. The molecule has 2 aliphatic heterocycles. The quantitative estimate of drug-likeness (QED) is 0.801. The number of benzene rings is 1. The molecular formula is C15H21NO2. The normalized spacial score (nSPS) is 25.1. The number of hydrogen-bond acceptors (Lipinski definition) is 3. The first-order valence-corrected chi connectivity index (χ1v) is 6.92. The van der Waals surface area contributed by atoms with Crippen LogP contribution in [0.15, 0.2) is 24.3 Å². The number of para-hydroxylation sites is 2. The highest BCUT2D eigenvalue weighted by molar-refractivity contribution is 5.40. The Morgan fingerprint density at radius 2 is 1.89 bits per heavy atom. The third-order valence-electron chi connectivity index (χ3n) is 3.91. The van der Waals surface area contributed by atoms with Crippen molar-refractivity contribution in [2.75, 3.05) is 26.2 Å². The molecule has 1 aromatic carbocycles. The Morgan fingerprint density at radius 1 is 1.17 bits per heavy atom. The average Bonchev–Trinajstić information content (AvgIpc) is 2.41. The van der Waals surface area contributed by atoms with Crippen LogP contribution in [0.1, 0.15) is 19.8 Å². The molecule has 0 amide bonds. The first-order chi connectivity index (χ1) is 8.81. The number of rotatable bonds is 2. The topological polar surface area (TPSA) is 21.7 Å². The van der Waals surface area contributed by atoms with Crippen LogP contribution in [-0.2, 0) is 0 Å². The fourth-order valence-electron chi connectivity index (χ4n) is 2.69. The summed E-state index contributed by atoms with van der Waals surface area (Å²) in [6.07, 6.45) is 2.79. The maximum atomic E-state index is 5.99. The van der Waals surface area contributed by atoms with Crippen LogP contribution < -0.4 is 9.47 Å². The second-order valence-corrected chi connectivity index (χ2v) is 5.48. The molecule has 0 aliphatic carbocycles. The van der Waals surface area contributed by atoms with Crippen molar-refractivity contribution in [3.63, 3.8) is 0 Å². The van der Waals surface area contributed by atoms with Crippen LogP contribution in [0.25, 0.3) is 0 Å². The number of fused-ring (bicyclic) bond motifs is 1. The number of nitrogens with zero attached hydrogens (tertiary/aromatic N) is 1. The lowest BCUT2D eigenvalue weighted by atomic mass is 9.99. The van der Waals surface area contributed by atoms with Crippen molar-refractivity contribution < 1.29 is 9.47 Å². The van der Waals surface area contributed by atoms with Gasteiger partial charge in [0, 0.05) is 6.54 Å². The number of hydrogen-bond donors (Lipinski definition) is 0. The van der Waals surface area contributed by atoms with Gasteiger partial charge in [-0.05, 0) is 44.0 Å². The molecule has 0 aromatic heterocycles. The number of ether oxygens (including phenoxy) is 2. The lowest BCUT2D eigenvalue weighted by Gasteiger charge is -2.34. The molecule has 3 rings (SSSR count). The molecule has 0 N–H and O–H groups in total. The summed E-state index contributed by atoms with van der Waals surface area (Å²) in [7, 11) is 0. The number of likely N-dealkylation sites (tertiary alicyclic amines) is 1. The summed E-state index contributed by atoms with van der Waals surface area (Å²) in [5.74, 6) is 2.64. The van der Waals surface area contributed by atoms with Crippen LogP contribution >= 0.6 is 0 Å². The Kier molecular flexibility index (Phi) is 3.41. The Hall–Kier alpha value is -1.22. The number of piperidine rings is 1. The maximum Gasteiger partial charge on any atom is 0.161 e. The molecule has 1 atom stereocenters. The summed E-state index contributed by atoms with van der Waals surface area (Å²) in [4.78, 5) is 2.50. The monoisotopic (exact) mass is 247 g/mol. The van der Waals surface area contributed by atoms with Gasteiger partial charge in [0.25, 0.3) is 0 Å². The van der Waals surface area contributed by atoms with Crippen molar-refractivity contribution in [2.24, 2.45) is 5.92 Å². The van der Waals surface area contributed by atoms with Crippen LogP contribution in [0.5, 0.6) is 11.5 Å². The van der Waals surface area contributed by atoms with Gasteiger partial charge >= 0.3 is 0 Å². The van der Waals surface area contributed by atoms with Crippen molar-refractivity contribution in [3.05, 3.63) is 24.3 Å². The Bertz CT molecular complexity index is 399. The minimum atomic E-state index is 0.174. The maximum absolute atomic E-state index is 5.99. The summed E-state index contributed by atoms with van der Waals surface area (Å²) >= 11 is 0. The summed E-state index contributed by atoms with van der Waals surface area (Å²) in [5, 5.41) is 0. The highest BCUT2D eigenvalue weighted by Crippen LogP contribution is 2.31. The molecule has 0 bridgehead atoms. The van der Waals surface area contributed by atoms with E-state index in [0.29, 0.717) is 6.61 Å². The first kappa shape index (κ1) is 11.8. The molecule has 3 heteroatoms. The third-order valence-corrected chi connectivity index (χ3v) is 3.91. The van der Waals surface area contributed by atoms with Crippen molar-refractivity contribution >= 4 is 0 Å². The molecular weight excluding hydrogens is 226 g/mol. The first-order valence-electron chi connectivity index (χ1n) is 6.92. The molecule has 1 fully saturated rings. The highest BCUT2D eigenvalue weighted by atomic mass is 16.6. The molecule has 1 unspecified atom stereocenters. The van der Waals surface area contributed by atoms with Crippen LogP contribution in [0, 0.1) is 5.92 Å². The van der Waals surface area contributed by atoms with Gasteiger partial charge in [-0.1, -0.05) is 19.1 Å². The lowest BCUT2D eigenvalue weighted by Crippen LogP contribution is -2.43. The summed E-state index contributed by atoms with van der Waals surface area (Å²) < 4.78 is 11.7. The fourth-order valence-corrected chi connectivity index (χ4v) is 2.69. The summed E-state index contributed by atoms with van der Waals surface area (Å²) in [5.41, 5.74) is 0. The minimum absolute atomic E-state index is 0.174. The van der Waals surface area contributed by atoms with Gasteiger partial charge in [-0.25, -0.2) is 0 Å². The van der Waals surface area contributed by atoms with Crippen molar-refractivity contribution in [2.45, 2.75) is 25.9 Å². The van der Waals surface area contributed by atoms with E-state index in [1.165, 1.54) is 25.9 Å². The summed E-state index contributed by atoms with van der Waals surface area (Å²) in [6, 6.07) is 7.93. The van der Waals surface area contributed by atoms with Crippen molar-refractivity contribution in [1.29, 1.82) is 0 Å². The Morgan fingerprint density at radius 3 is 2.67 bits per heavy atom. The molecule has 2 heterocycles. The molecule has 0 saturated carbocycles. The van der Waals surface area contributed by atoms with E-state index in [1.54, 1.807) is 0 Å². The van der Waals surface area contributed by atoms with Crippen LogP contribution in [0.2, 0.25) is 0 Å². The van der Waals surface area contributed by atoms with Gasteiger partial charge in [-0.2, -0.15) is 0 Å². The minimum Gasteiger partial charge on any atom is -0.486 e. The summed E-state index contributed by atoms with van der Waals surface area (Å²) in [6.45, 7) is 6.39. The SMILES string of the molecule is CC1CCN(CC2COc3ccccc3O2)CC1. The zero-order valence-corrected chi connectivity index (χ0v) is 11.0. The van der Waals surface area contributed by atoms with E-state index in [9.17, 15) is 0 Å². The van der Waals surface area contributed by atoms with Crippen molar-refractivity contribution in [1.82, 2.24) is 4.90 Å². The smallest absolute Gasteiger partial charge is 0.161 e. The van der Waals surface area contributed by atoms with Gasteiger partial charge in [-0.3, -0.25) is 4.90 Å². The second kappa shape index (κ2) is 5.19. The molecule has 1 saturated heterocycles. The molecule has 2 aliphatic rings. The average molecular weight is 247 g/mol. The second-order valence-electron chi connectivity index (χ2n) is 5.48. The highest BCUT2D eigenvalue weighted by Gasteiger charge is 2.24. The Balaban J connectivity index is 1.56. The van der Waals surface area contributed by atoms with Crippen LogP contribution in [0.4, 0.5) is 0 Å². The van der Waals surface area contributed by atoms with E-state index in [1.807, 2.05) is 24.3 Å². The zero-order valence-electron chi connectivity index (χ0n) is 11.0. The molecule has 1 aromatic rings. The van der Waals surface area contributed by atoms with Gasteiger partial charge in [0.1, 0.15) is 12.7 Å². The predicted molar refractivity (Wildman–Crippen MR) is 71.2 cm³/mol. The Labute approximate surface area is 109 Å². The lowest BCUT2D eigenvalue weighted by molar-refractivity contribution is 0.0488. The zero-order chi connectivity index (χ0) is 12.4. The van der Waals surface area contributed by atoms with E-state index >= 15 is 0 Å². The van der Waals surface area contributed by atoms with Gasteiger partial charge in [-0.15, -0.1) is 0 Å². The van der Waals surface area contributed by atoms with Gasteiger partial charge in [0.05, 0.1) is 0 Å². The molecule has 0 radical (unpaired) electrons. The molecule has 0 spiro atoms. The fraction of sp³-hybridized carbons (Fsp3) is 0.600. The van der Waals surface area contributed by atoms with Crippen molar-refractivity contribution in [3.8, 4) is 11.5 Å². The van der Waals surface area contributed by atoms with E-state index in [0.717, 1.165) is 24.0 Å².